The molecule has 3 rings (SSSR count). The van der Waals surface area contributed by atoms with Gasteiger partial charge in [-0.3, -0.25) is 4.79 Å². The molecule has 1 saturated heterocycles. The van der Waals surface area contributed by atoms with Crippen molar-refractivity contribution in [2.45, 2.75) is 12.5 Å². The quantitative estimate of drug-likeness (QED) is 0.854. The number of anilines is 2. The number of hydrogen-bond acceptors (Lipinski definition) is 7. The summed E-state index contributed by atoms with van der Waals surface area (Å²) < 4.78 is 4.75. The average molecular weight is 342 g/mol. The third kappa shape index (κ3) is 2.94. The SMILES string of the molecule is COC(=O)c1ccsc1N1CC[C@@H](Nc2ccc(C#N)nc2)C1=O. The Morgan fingerprint density at radius 3 is 3.00 bits per heavy atom. The molecule has 3 heterocycles. The largest absolute Gasteiger partial charge is 0.465 e. The van der Waals surface area contributed by atoms with Gasteiger partial charge in [0, 0.05) is 6.54 Å². The van der Waals surface area contributed by atoms with Gasteiger partial charge in [-0.1, -0.05) is 0 Å². The Balaban J connectivity index is 1.74. The van der Waals surface area contributed by atoms with Crippen molar-refractivity contribution < 1.29 is 14.3 Å². The van der Waals surface area contributed by atoms with Gasteiger partial charge >= 0.3 is 5.97 Å². The van der Waals surface area contributed by atoms with Crippen LogP contribution < -0.4 is 10.2 Å². The zero-order chi connectivity index (χ0) is 17.1. The van der Waals surface area contributed by atoms with E-state index >= 15 is 0 Å². The number of rotatable bonds is 4. The van der Waals surface area contributed by atoms with E-state index < -0.39 is 12.0 Å². The summed E-state index contributed by atoms with van der Waals surface area (Å²) >= 11 is 1.34. The van der Waals surface area contributed by atoms with Crippen molar-refractivity contribution in [3.63, 3.8) is 0 Å². The molecule has 122 valence electrons. The van der Waals surface area contributed by atoms with Gasteiger partial charge in [0.15, 0.2) is 0 Å². The highest BCUT2D eigenvalue weighted by molar-refractivity contribution is 7.14. The molecule has 1 aliphatic rings. The third-order valence-corrected chi connectivity index (χ3v) is 4.66. The molecule has 1 atom stereocenters. The molecule has 1 aliphatic heterocycles. The van der Waals surface area contributed by atoms with E-state index in [1.165, 1.54) is 24.6 Å². The second-order valence-corrected chi connectivity index (χ2v) is 6.04. The second kappa shape index (κ2) is 6.68. The number of nitrogens with one attached hydrogen (secondary N) is 1. The lowest BCUT2D eigenvalue weighted by Crippen LogP contribution is -2.33. The van der Waals surface area contributed by atoms with E-state index in [4.69, 9.17) is 10.00 Å². The second-order valence-electron chi connectivity index (χ2n) is 5.15. The molecule has 2 aromatic heterocycles. The number of nitrogens with zero attached hydrogens (tertiary/aromatic N) is 3. The third-order valence-electron chi connectivity index (χ3n) is 3.72. The van der Waals surface area contributed by atoms with E-state index in [9.17, 15) is 9.59 Å². The van der Waals surface area contributed by atoms with Crippen molar-refractivity contribution in [1.29, 1.82) is 5.26 Å². The predicted molar refractivity (Wildman–Crippen MR) is 89.0 cm³/mol. The number of hydrogen-bond donors (Lipinski definition) is 1. The van der Waals surface area contributed by atoms with Crippen LogP contribution in [0.1, 0.15) is 22.5 Å². The molecule has 1 fully saturated rings. The van der Waals surface area contributed by atoms with E-state index in [2.05, 4.69) is 10.3 Å². The number of carbonyl (C=O) groups is 2. The zero-order valence-electron chi connectivity index (χ0n) is 12.9. The van der Waals surface area contributed by atoms with Crippen LogP contribution in [0.25, 0.3) is 0 Å². The maximum Gasteiger partial charge on any atom is 0.340 e. The summed E-state index contributed by atoms with van der Waals surface area (Å²) in [6.45, 7) is 0.519. The Morgan fingerprint density at radius 2 is 2.33 bits per heavy atom. The summed E-state index contributed by atoms with van der Waals surface area (Å²) in [5, 5.41) is 14.2. The Hall–Kier alpha value is -2.92. The molecule has 0 aliphatic carbocycles. The molecular weight excluding hydrogens is 328 g/mol. The van der Waals surface area contributed by atoms with Crippen LogP contribution >= 0.6 is 11.3 Å². The summed E-state index contributed by atoms with van der Waals surface area (Å²) in [5.41, 5.74) is 1.39. The van der Waals surface area contributed by atoms with Crippen LogP contribution in [0.5, 0.6) is 0 Å². The molecule has 7 nitrogen and oxygen atoms in total. The van der Waals surface area contributed by atoms with E-state index in [0.29, 0.717) is 34.9 Å². The molecule has 0 radical (unpaired) electrons. The Morgan fingerprint density at radius 1 is 1.50 bits per heavy atom. The highest BCUT2D eigenvalue weighted by atomic mass is 32.1. The number of aromatic nitrogens is 1. The first-order valence-electron chi connectivity index (χ1n) is 7.24. The highest BCUT2D eigenvalue weighted by Gasteiger charge is 2.35. The molecule has 0 aromatic carbocycles. The molecule has 0 unspecified atom stereocenters. The lowest BCUT2D eigenvalue weighted by molar-refractivity contribution is -0.117. The molecule has 1 amide bonds. The molecule has 1 N–H and O–H groups in total. The van der Waals surface area contributed by atoms with E-state index in [1.807, 2.05) is 6.07 Å². The number of thiophene rings is 1. The lowest BCUT2D eigenvalue weighted by Gasteiger charge is -2.17. The summed E-state index contributed by atoms with van der Waals surface area (Å²) in [6, 6.07) is 6.52. The predicted octanol–water partition coefficient (Wildman–Crippen LogP) is 2.02. The minimum Gasteiger partial charge on any atom is -0.465 e. The van der Waals surface area contributed by atoms with Crippen molar-refractivity contribution in [1.82, 2.24) is 4.98 Å². The number of amides is 1. The minimum atomic E-state index is -0.452. The monoisotopic (exact) mass is 342 g/mol. The summed E-state index contributed by atoms with van der Waals surface area (Å²) in [4.78, 5) is 30.0. The van der Waals surface area contributed by atoms with Gasteiger partial charge in [-0.15, -0.1) is 11.3 Å². The molecule has 24 heavy (non-hydrogen) atoms. The van der Waals surface area contributed by atoms with Gasteiger partial charge < -0.3 is 15.0 Å². The zero-order valence-corrected chi connectivity index (χ0v) is 13.7. The smallest absolute Gasteiger partial charge is 0.340 e. The van der Waals surface area contributed by atoms with Crippen molar-refractivity contribution >= 4 is 33.9 Å². The molecule has 2 aromatic rings. The van der Waals surface area contributed by atoms with Gasteiger partial charge in [0.2, 0.25) is 5.91 Å². The van der Waals surface area contributed by atoms with Crippen LogP contribution in [0.2, 0.25) is 0 Å². The number of pyridine rings is 1. The molecule has 0 spiro atoms. The van der Waals surface area contributed by atoms with Crippen LogP contribution in [0, 0.1) is 11.3 Å². The van der Waals surface area contributed by atoms with Crippen molar-refractivity contribution in [3.8, 4) is 6.07 Å². The number of carbonyl (C=O) groups excluding carboxylic acids is 2. The minimum absolute atomic E-state index is 0.105. The van der Waals surface area contributed by atoms with E-state index in [-0.39, 0.29) is 5.91 Å². The number of esters is 1. The number of ether oxygens (including phenoxy) is 1. The first kappa shape index (κ1) is 16.0. The first-order chi connectivity index (χ1) is 11.6. The maximum absolute atomic E-state index is 12.6. The Labute approximate surface area is 142 Å². The topological polar surface area (TPSA) is 95.3 Å². The van der Waals surface area contributed by atoms with Gasteiger partial charge in [0.1, 0.15) is 22.8 Å². The van der Waals surface area contributed by atoms with Gasteiger partial charge in [0.05, 0.1) is 24.6 Å². The average Bonchev–Trinajstić information content (AvgIpc) is 3.22. The van der Waals surface area contributed by atoms with Crippen LogP contribution in [0.3, 0.4) is 0 Å². The Kier molecular flexibility index (Phi) is 4.44. The van der Waals surface area contributed by atoms with E-state index in [0.717, 1.165) is 0 Å². The van der Waals surface area contributed by atoms with Crippen LogP contribution in [0.15, 0.2) is 29.8 Å². The Bertz CT molecular complexity index is 809. The fourth-order valence-corrected chi connectivity index (χ4v) is 3.46. The fraction of sp³-hybridized carbons (Fsp3) is 0.250. The van der Waals surface area contributed by atoms with Crippen molar-refractivity contribution in [2.24, 2.45) is 0 Å². The first-order valence-corrected chi connectivity index (χ1v) is 8.12. The maximum atomic E-state index is 12.6. The summed E-state index contributed by atoms with van der Waals surface area (Å²) in [5.74, 6) is -0.557. The van der Waals surface area contributed by atoms with Gasteiger partial charge in [-0.25, -0.2) is 9.78 Å². The number of methoxy groups -OCH3 is 1. The number of nitriles is 1. The fourth-order valence-electron chi connectivity index (χ4n) is 2.54. The van der Waals surface area contributed by atoms with Gasteiger partial charge in [-0.2, -0.15) is 5.26 Å². The van der Waals surface area contributed by atoms with Gasteiger partial charge in [-0.05, 0) is 30.0 Å². The highest BCUT2D eigenvalue weighted by Crippen LogP contribution is 2.32. The van der Waals surface area contributed by atoms with Crippen LogP contribution in [-0.2, 0) is 9.53 Å². The lowest BCUT2D eigenvalue weighted by atomic mass is 10.2. The standard InChI is InChI=1S/C16H14N4O3S/c1-23-16(22)12-5-7-24-15(12)20-6-4-13(14(20)21)19-11-3-2-10(8-17)18-9-11/h2-3,5,7,9,13,19H,4,6H2,1H3/t13-/m1/s1. The summed E-state index contributed by atoms with van der Waals surface area (Å²) in [6.07, 6.45) is 2.14. The van der Waals surface area contributed by atoms with Crippen molar-refractivity contribution in [3.05, 3.63) is 41.0 Å². The summed E-state index contributed by atoms with van der Waals surface area (Å²) in [7, 11) is 1.32. The van der Waals surface area contributed by atoms with E-state index in [1.54, 1.807) is 28.5 Å². The molecular formula is C16H14N4O3S. The normalized spacial score (nSPS) is 16.8. The molecule has 8 heteroatoms. The molecule has 0 saturated carbocycles. The van der Waals surface area contributed by atoms with Gasteiger partial charge in [0.25, 0.3) is 0 Å². The molecule has 0 bridgehead atoms. The van der Waals surface area contributed by atoms with Crippen molar-refractivity contribution in [2.75, 3.05) is 23.9 Å². The van der Waals surface area contributed by atoms with Crippen LogP contribution in [-0.4, -0.2) is 36.6 Å². The van der Waals surface area contributed by atoms with Crippen LogP contribution in [0.4, 0.5) is 10.7 Å².